The number of carboxylic acid groups (broad SMARTS) is 1. The highest BCUT2D eigenvalue weighted by Crippen LogP contribution is 2.39. The van der Waals surface area contributed by atoms with Crippen molar-refractivity contribution < 1.29 is 28.2 Å². The highest BCUT2D eigenvalue weighted by atomic mass is 19.2. The Morgan fingerprint density at radius 2 is 1.89 bits per heavy atom. The van der Waals surface area contributed by atoms with Crippen molar-refractivity contribution in [3.05, 3.63) is 64.5 Å². The van der Waals surface area contributed by atoms with Crippen molar-refractivity contribution in [3.63, 3.8) is 0 Å². The zero-order valence-corrected chi connectivity index (χ0v) is 21.0. The van der Waals surface area contributed by atoms with E-state index in [0.29, 0.717) is 25.4 Å². The number of carbonyl (C=O) groups is 2. The quantitative estimate of drug-likeness (QED) is 0.482. The van der Waals surface area contributed by atoms with Crippen molar-refractivity contribution in [2.75, 3.05) is 13.7 Å². The molecule has 1 aliphatic heterocycles. The fourth-order valence-corrected chi connectivity index (χ4v) is 5.79. The molecule has 37 heavy (non-hydrogen) atoms. The molecule has 1 saturated carbocycles. The molecule has 3 aromatic rings. The average molecular weight is 512 g/mol. The van der Waals surface area contributed by atoms with Crippen LogP contribution in [-0.4, -0.2) is 45.3 Å². The molecular weight excluding hydrogens is 480 g/mol. The van der Waals surface area contributed by atoms with Gasteiger partial charge in [-0.3, -0.25) is 4.79 Å². The van der Waals surface area contributed by atoms with Crippen molar-refractivity contribution in [2.45, 2.75) is 64.0 Å². The first-order valence-corrected chi connectivity index (χ1v) is 12.8. The van der Waals surface area contributed by atoms with Gasteiger partial charge in [0.05, 0.1) is 30.6 Å². The van der Waals surface area contributed by atoms with Crippen LogP contribution in [0.4, 0.5) is 13.6 Å². The number of halogens is 2. The van der Waals surface area contributed by atoms with E-state index in [9.17, 15) is 23.5 Å². The molecule has 0 spiro atoms. The lowest BCUT2D eigenvalue weighted by Crippen LogP contribution is -2.35. The van der Waals surface area contributed by atoms with Crippen molar-refractivity contribution in [1.82, 2.24) is 14.5 Å². The molecule has 2 aromatic carbocycles. The molecule has 0 bridgehead atoms. The van der Waals surface area contributed by atoms with Gasteiger partial charge in [-0.05, 0) is 54.5 Å². The molecule has 0 saturated heterocycles. The lowest BCUT2D eigenvalue weighted by molar-refractivity contribution is -0.139. The summed E-state index contributed by atoms with van der Waals surface area (Å²) in [6, 6.07) is 7.24. The number of aliphatic carboxylic acids is 1. The van der Waals surface area contributed by atoms with Crippen molar-refractivity contribution in [1.29, 1.82) is 0 Å². The second-order valence-electron chi connectivity index (χ2n) is 10.3. The molecule has 5 rings (SSSR count). The smallest absolute Gasteiger partial charge is 0.409 e. The molecule has 1 amide bonds. The minimum atomic E-state index is -1.12. The number of hydrogen-bond donors (Lipinski definition) is 1. The first kappa shape index (κ1) is 25.2. The standard InChI is InChI=1S/C28H31F2N3O4/c1-16-3-5-18(6-4-16)26-31-25-20-14-32(28(36)37-2)12-11-17(20)8-10-24(25)33(26)15-21(27(34)35)19-7-9-22(29)23(30)13-19/h7-10,13,16,18,21H,3-6,11-12,14-15H2,1-2H3,(H,34,35)/t16?,18?,21-/m0/s1. The van der Waals surface area contributed by atoms with Crippen molar-refractivity contribution in [3.8, 4) is 0 Å². The molecule has 1 aromatic heterocycles. The molecule has 1 fully saturated rings. The van der Waals surface area contributed by atoms with Gasteiger partial charge in [0.1, 0.15) is 5.82 Å². The van der Waals surface area contributed by atoms with E-state index in [0.717, 1.165) is 65.8 Å². The number of hydrogen-bond acceptors (Lipinski definition) is 4. The summed E-state index contributed by atoms with van der Waals surface area (Å²) in [5.41, 5.74) is 3.79. The van der Waals surface area contributed by atoms with Gasteiger partial charge in [-0.2, -0.15) is 0 Å². The monoisotopic (exact) mass is 511 g/mol. The Bertz CT molecular complexity index is 1350. The highest BCUT2D eigenvalue weighted by Gasteiger charge is 2.31. The number of fused-ring (bicyclic) bond motifs is 3. The van der Waals surface area contributed by atoms with Crippen LogP contribution in [0.3, 0.4) is 0 Å². The second-order valence-corrected chi connectivity index (χ2v) is 10.3. The SMILES string of the molecule is COC(=O)N1CCc2ccc3c(nc(C4CCC(C)CC4)n3C[C@H](C(=O)O)c3ccc(F)c(F)c3)c2C1. The van der Waals surface area contributed by atoms with E-state index in [2.05, 4.69) is 6.92 Å². The molecule has 1 aliphatic carbocycles. The topological polar surface area (TPSA) is 84.7 Å². The summed E-state index contributed by atoms with van der Waals surface area (Å²) in [5, 5.41) is 10.1. The maximum atomic E-state index is 14.0. The van der Waals surface area contributed by atoms with Gasteiger partial charge in [0.2, 0.25) is 0 Å². The Hall–Kier alpha value is -3.49. The van der Waals surface area contributed by atoms with Gasteiger partial charge in [0.25, 0.3) is 0 Å². The van der Waals surface area contributed by atoms with Crippen LogP contribution in [0.15, 0.2) is 30.3 Å². The number of nitrogens with zero attached hydrogens (tertiary/aromatic N) is 3. The van der Waals surface area contributed by atoms with E-state index in [1.54, 1.807) is 4.90 Å². The van der Waals surface area contributed by atoms with Gasteiger partial charge < -0.3 is 19.3 Å². The predicted molar refractivity (Wildman–Crippen MR) is 133 cm³/mol. The lowest BCUT2D eigenvalue weighted by Gasteiger charge is -2.27. The number of amides is 1. The number of ether oxygens (including phenoxy) is 1. The number of carboxylic acids is 1. The summed E-state index contributed by atoms with van der Waals surface area (Å²) in [6.45, 7) is 3.19. The molecule has 9 heteroatoms. The second kappa shape index (κ2) is 10.1. The van der Waals surface area contributed by atoms with Crippen LogP contribution in [0.1, 0.15) is 67.0 Å². The fraction of sp³-hybridized carbons (Fsp3) is 0.464. The number of rotatable bonds is 5. The van der Waals surface area contributed by atoms with Crippen LogP contribution in [0.25, 0.3) is 11.0 Å². The Labute approximate surface area is 214 Å². The molecule has 1 atom stereocenters. The van der Waals surface area contributed by atoms with Gasteiger partial charge in [0, 0.05) is 24.6 Å². The normalized spacial score (nSPS) is 20.5. The summed E-state index contributed by atoms with van der Waals surface area (Å²) in [4.78, 5) is 31.3. The Kier molecular flexibility index (Phi) is 6.88. The number of imidazole rings is 1. The van der Waals surface area contributed by atoms with Crippen LogP contribution < -0.4 is 0 Å². The summed E-state index contributed by atoms with van der Waals surface area (Å²) >= 11 is 0. The van der Waals surface area contributed by atoms with Gasteiger partial charge >= 0.3 is 12.1 Å². The number of carbonyl (C=O) groups excluding carboxylic acids is 1. The van der Waals surface area contributed by atoms with Crippen molar-refractivity contribution >= 4 is 23.1 Å². The molecule has 196 valence electrons. The summed E-state index contributed by atoms with van der Waals surface area (Å²) in [5.74, 6) is -2.68. The average Bonchev–Trinajstić information content (AvgIpc) is 3.27. The fourth-order valence-electron chi connectivity index (χ4n) is 5.79. The minimum absolute atomic E-state index is 0.0395. The zero-order valence-electron chi connectivity index (χ0n) is 21.0. The number of aromatic nitrogens is 2. The maximum absolute atomic E-state index is 14.0. The van der Waals surface area contributed by atoms with Crippen LogP contribution in [0, 0.1) is 17.6 Å². The van der Waals surface area contributed by atoms with E-state index < -0.39 is 29.6 Å². The molecule has 2 aliphatic rings. The summed E-state index contributed by atoms with van der Waals surface area (Å²) in [7, 11) is 1.36. The highest BCUT2D eigenvalue weighted by molar-refractivity contribution is 5.83. The van der Waals surface area contributed by atoms with Crippen LogP contribution in [-0.2, 0) is 29.0 Å². The third-order valence-corrected chi connectivity index (χ3v) is 7.98. The Balaban J connectivity index is 1.62. The molecular formula is C28H31F2N3O4. The first-order valence-electron chi connectivity index (χ1n) is 12.8. The van der Waals surface area contributed by atoms with E-state index in [-0.39, 0.29) is 18.0 Å². The Morgan fingerprint density at radius 1 is 1.14 bits per heavy atom. The third kappa shape index (κ3) is 4.79. The zero-order chi connectivity index (χ0) is 26.3. The van der Waals surface area contributed by atoms with Gasteiger partial charge in [-0.1, -0.05) is 31.9 Å². The summed E-state index contributed by atoms with van der Waals surface area (Å²) < 4.78 is 34.5. The van der Waals surface area contributed by atoms with E-state index in [4.69, 9.17) is 9.72 Å². The lowest BCUT2D eigenvalue weighted by atomic mass is 9.82. The van der Waals surface area contributed by atoms with E-state index in [1.165, 1.54) is 13.2 Å². The number of methoxy groups -OCH3 is 1. The van der Waals surface area contributed by atoms with Gasteiger partial charge in [-0.25, -0.2) is 18.6 Å². The summed E-state index contributed by atoms with van der Waals surface area (Å²) in [6.07, 6.45) is 4.30. The van der Waals surface area contributed by atoms with E-state index in [1.807, 2.05) is 16.7 Å². The first-order chi connectivity index (χ1) is 17.8. The third-order valence-electron chi connectivity index (χ3n) is 7.98. The van der Waals surface area contributed by atoms with Gasteiger partial charge in [-0.15, -0.1) is 0 Å². The van der Waals surface area contributed by atoms with E-state index >= 15 is 0 Å². The molecule has 0 radical (unpaired) electrons. The maximum Gasteiger partial charge on any atom is 0.409 e. The Morgan fingerprint density at radius 3 is 2.57 bits per heavy atom. The van der Waals surface area contributed by atoms with Crippen LogP contribution in [0.2, 0.25) is 0 Å². The predicted octanol–water partition coefficient (Wildman–Crippen LogP) is 5.60. The molecule has 2 heterocycles. The minimum Gasteiger partial charge on any atom is -0.481 e. The van der Waals surface area contributed by atoms with Crippen LogP contribution >= 0.6 is 0 Å². The van der Waals surface area contributed by atoms with Gasteiger partial charge in [0.15, 0.2) is 11.6 Å². The largest absolute Gasteiger partial charge is 0.481 e. The molecule has 1 N–H and O–H groups in total. The van der Waals surface area contributed by atoms with Crippen LogP contribution in [0.5, 0.6) is 0 Å². The number of benzene rings is 2. The molecule has 7 nitrogen and oxygen atoms in total. The molecule has 0 unspecified atom stereocenters. The van der Waals surface area contributed by atoms with Crippen molar-refractivity contribution in [2.24, 2.45) is 5.92 Å².